The number of alkyl halides is 3. The van der Waals surface area contributed by atoms with Gasteiger partial charge in [-0.1, -0.05) is 30.3 Å². The molecule has 192 valence electrons. The Kier molecular flexibility index (Phi) is 6.98. The summed E-state index contributed by atoms with van der Waals surface area (Å²) < 4.78 is 45.5. The number of nitrogens with zero attached hydrogens (tertiary/aromatic N) is 3. The van der Waals surface area contributed by atoms with Crippen LogP contribution in [0.15, 0.2) is 71.5 Å². The van der Waals surface area contributed by atoms with Crippen LogP contribution in [0, 0.1) is 5.92 Å². The maximum atomic E-state index is 13.4. The van der Waals surface area contributed by atoms with Gasteiger partial charge in [0.25, 0.3) is 0 Å². The minimum atomic E-state index is -4.54. The number of aromatic nitrogens is 2. The molecule has 1 saturated heterocycles. The van der Waals surface area contributed by atoms with Crippen molar-refractivity contribution in [1.82, 2.24) is 20.2 Å². The average Bonchev–Trinajstić information content (AvgIpc) is 3.44. The number of rotatable bonds is 6. The fourth-order valence-electron chi connectivity index (χ4n) is 4.51. The van der Waals surface area contributed by atoms with Gasteiger partial charge in [-0.2, -0.15) is 13.2 Å². The van der Waals surface area contributed by atoms with Crippen molar-refractivity contribution in [2.45, 2.75) is 25.6 Å². The number of anilines is 1. The van der Waals surface area contributed by atoms with Crippen molar-refractivity contribution in [2.75, 3.05) is 25.0 Å². The number of urea groups is 1. The molecule has 3 aromatic heterocycles. The summed E-state index contributed by atoms with van der Waals surface area (Å²) in [5.74, 6) is 1.49. The van der Waals surface area contributed by atoms with Crippen LogP contribution in [0.5, 0.6) is 0 Å². The summed E-state index contributed by atoms with van der Waals surface area (Å²) in [7, 11) is 0. The van der Waals surface area contributed by atoms with Gasteiger partial charge in [-0.25, -0.2) is 14.8 Å². The molecule has 0 radical (unpaired) electrons. The Morgan fingerprint density at radius 2 is 1.84 bits per heavy atom. The molecule has 4 aromatic rings. The summed E-state index contributed by atoms with van der Waals surface area (Å²) in [4.78, 5) is 22.7. The lowest BCUT2D eigenvalue weighted by Gasteiger charge is -2.32. The van der Waals surface area contributed by atoms with Crippen molar-refractivity contribution in [1.29, 1.82) is 0 Å². The molecule has 0 bridgehead atoms. The van der Waals surface area contributed by atoms with Gasteiger partial charge in [0, 0.05) is 36.8 Å². The van der Waals surface area contributed by atoms with Gasteiger partial charge in [0.1, 0.15) is 17.3 Å². The van der Waals surface area contributed by atoms with Crippen LogP contribution >= 0.6 is 0 Å². The lowest BCUT2D eigenvalue weighted by molar-refractivity contribution is -0.140. The number of likely N-dealkylation sites (tertiary alicyclic amines) is 1. The SMILES string of the molecule is O=C(NCc1ccco1)N1CCC(CNc2ncc(-c3ccccc3)c3nc(C(F)(F)F)ccc23)CC1. The first-order chi connectivity index (χ1) is 17.9. The highest BCUT2D eigenvalue weighted by Crippen LogP contribution is 2.35. The molecule has 1 aromatic carbocycles. The highest BCUT2D eigenvalue weighted by molar-refractivity contribution is 5.99. The van der Waals surface area contributed by atoms with Crippen molar-refractivity contribution >= 4 is 22.8 Å². The van der Waals surface area contributed by atoms with Crippen molar-refractivity contribution in [3.63, 3.8) is 0 Å². The lowest BCUT2D eigenvalue weighted by Crippen LogP contribution is -2.45. The zero-order valence-electron chi connectivity index (χ0n) is 20.0. The Morgan fingerprint density at radius 3 is 2.54 bits per heavy atom. The van der Waals surface area contributed by atoms with Crippen LogP contribution in [0.2, 0.25) is 0 Å². The molecule has 5 rings (SSSR count). The highest BCUT2D eigenvalue weighted by atomic mass is 19.4. The van der Waals surface area contributed by atoms with Crippen molar-refractivity contribution < 1.29 is 22.4 Å². The van der Waals surface area contributed by atoms with E-state index in [0.717, 1.165) is 24.5 Å². The van der Waals surface area contributed by atoms with Crippen molar-refractivity contribution in [3.05, 3.63) is 78.5 Å². The number of pyridine rings is 2. The molecule has 1 aliphatic heterocycles. The van der Waals surface area contributed by atoms with E-state index in [1.54, 1.807) is 23.4 Å². The normalized spacial score (nSPS) is 14.6. The van der Waals surface area contributed by atoms with E-state index in [1.165, 1.54) is 6.07 Å². The Balaban J connectivity index is 1.26. The molecule has 2 N–H and O–H groups in total. The predicted molar refractivity (Wildman–Crippen MR) is 134 cm³/mol. The van der Waals surface area contributed by atoms with Gasteiger partial charge < -0.3 is 20.0 Å². The van der Waals surface area contributed by atoms with Crippen LogP contribution in [0.25, 0.3) is 22.0 Å². The average molecular weight is 510 g/mol. The second-order valence-electron chi connectivity index (χ2n) is 9.03. The number of hydrogen-bond acceptors (Lipinski definition) is 5. The van der Waals surface area contributed by atoms with E-state index >= 15 is 0 Å². The molecule has 1 fully saturated rings. The first-order valence-electron chi connectivity index (χ1n) is 12.1. The molecule has 10 heteroatoms. The molecule has 0 aliphatic carbocycles. The number of furan rings is 1. The molecule has 4 heterocycles. The summed E-state index contributed by atoms with van der Waals surface area (Å²) in [5, 5.41) is 6.71. The quantitative estimate of drug-likeness (QED) is 0.336. The number of hydrogen-bond donors (Lipinski definition) is 2. The summed E-state index contributed by atoms with van der Waals surface area (Å²) in [6.45, 7) is 2.17. The van der Waals surface area contributed by atoms with Crippen molar-refractivity contribution in [2.24, 2.45) is 5.92 Å². The Bertz CT molecular complexity index is 1350. The Hall–Kier alpha value is -4.08. The van der Waals surface area contributed by atoms with Crippen LogP contribution < -0.4 is 10.6 Å². The van der Waals surface area contributed by atoms with E-state index in [1.807, 2.05) is 36.4 Å². The number of carbonyl (C=O) groups is 1. The van der Waals surface area contributed by atoms with Crippen LogP contribution in [-0.4, -0.2) is 40.5 Å². The molecular formula is C27H26F3N5O2. The standard InChI is InChI=1S/C27H26F3N5O2/c28-27(29,30)23-9-8-21-24(34-23)22(19-5-2-1-3-6-19)17-32-25(21)31-15-18-10-12-35(13-11-18)26(36)33-16-20-7-4-14-37-20/h1-9,14,17-18H,10-13,15-16H2,(H,31,32)(H,33,36). The van der Waals surface area contributed by atoms with E-state index in [4.69, 9.17) is 4.42 Å². The fourth-order valence-corrected chi connectivity index (χ4v) is 4.51. The number of carbonyl (C=O) groups excluding carboxylic acids is 1. The molecule has 0 spiro atoms. The minimum Gasteiger partial charge on any atom is -0.467 e. The zero-order valence-corrected chi connectivity index (χ0v) is 20.0. The summed E-state index contributed by atoms with van der Waals surface area (Å²) in [6, 6.07) is 15.0. The molecular weight excluding hydrogens is 483 g/mol. The van der Waals surface area contributed by atoms with Gasteiger partial charge in [-0.3, -0.25) is 0 Å². The molecule has 0 atom stereocenters. The van der Waals surface area contributed by atoms with E-state index < -0.39 is 11.9 Å². The number of fused-ring (bicyclic) bond motifs is 1. The van der Waals surface area contributed by atoms with Crippen LogP contribution in [0.1, 0.15) is 24.3 Å². The number of nitrogens with one attached hydrogen (secondary N) is 2. The van der Waals surface area contributed by atoms with Gasteiger partial charge in [-0.15, -0.1) is 0 Å². The van der Waals surface area contributed by atoms with Crippen molar-refractivity contribution in [3.8, 4) is 11.1 Å². The van der Waals surface area contributed by atoms with Gasteiger partial charge in [0.05, 0.1) is 18.3 Å². The van der Waals surface area contributed by atoms with Gasteiger partial charge in [-0.05, 0) is 48.6 Å². The number of benzene rings is 1. The minimum absolute atomic E-state index is 0.126. The molecule has 37 heavy (non-hydrogen) atoms. The van der Waals surface area contributed by atoms with Crippen LogP contribution in [0.3, 0.4) is 0 Å². The Morgan fingerprint density at radius 1 is 1.05 bits per heavy atom. The maximum Gasteiger partial charge on any atom is 0.433 e. The van der Waals surface area contributed by atoms with Gasteiger partial charge >= 0.3 is 12.2 Å². The molecule has 7 nitrogen and oxygen atoms in total. The smallest absolute Gasteiger partial charge is 0.433 e. The summed E-state index contributed by atoms with van der Waals surface area (Å²) >= 11 is 0. The molecule has 1 aliphatic rings. The lowest BCUT2D eigenvalue weighted by atomic mass is 9.97. The fraction of sp³-hybridized carbons (Fsp3) is 0.296. The monoisotopic (exact) mass is 509 g/mol. The number of piperidine rings is 1. The second-order valence-corrected chi connectivity index (χ2v) is 9.03. The van der Waals surface area contributed by atoms with Crippen LogP contribution in [-0.2, 0) is 12.7 Å². The second kappa shape index (κ2) is 10.5. The third-order valence-corrected chi connectivity index (χ3v) is 6.56. The van der Waals surface area contributed by atoms with Crippen LogP contribution in [0.4, 0.5) is 23.8 Å². The zero-order chi connectivity index (χ0) is 25.8. The maximum absolute atomic E-state index is 13.4. The third-order valence-electron chi connectivity index (χ3n) is 6.56. The van der Waals surface area contributed by atoms with E-state index in [0.29, 0.717) is 54.6 Å². The van der Waals surface area contributed by atoms with E-state index in [2.05, 4.69) is 20.6 Å². The third kappa shape index (κ3) is 5.68. The number of halogens is 3. The highest BCUT2D eigenvalue weighted by Gasteiger charge is 2.33. The Labute approximate surface area is 211 Å². The first kappa shape index (κ1) is 24.6. The number of amides is 2. The molecule has 0 unspecified atom stereocenters. The summed E-state index contributed by atoms with van der Waals surface area (Å²) in [5.41, 5.74) is 0.603. The molecule has 2 amide bonds. The van der Waals surface area contributed by atoms with Gasteiger partial charge in [0.15, 0.2) is 0 Å². The van der Waals surface area contributed by atoms with E-state index in [9.17, 15) is 18.0 Å². The first-order valence-corrected chi connectivity index (χ1v) is 12.1. The predicted octanol–water partition coefficient (Wildman–Crippen LogP) is 5.94. The topological polar surface area (TPSA) is 83.3 Å². The van der Waals surface area contributed by atoms with Gasteiger partial charge in [0.2, 0.25) is 0 Å². The largest absolute Gasteiger partial charge is 0.467 e. The van der Waals surface area contributed by atoms with E-state index in [-0.39, 0.29) is 11.5 Å². The molecule has 0 saturated carbocycles. The summed E-state index contributed by atoms with van der Waals surface area (Å²) in [6.07, 6.45) is 0.199.